The van der Waals surface area contributed by atoms with Crippen molar-refractivity contribution >= 4 is 31.5 Å². The molecule has 0 radical (unpaired) electrons. The number of hydrogen-bond donors (Lipinski definition) is 1. The molecule has 1 aromatic heterocycles. The zero-order valence-corrected chi connectivity index (χ0v) is 11.6. The van der Waals surface area contributed by atoms with Gasteiger partial charge in [-0.15, -0.1) is 0 Å². The number of hydrogen-bond acceptors (Lipinski definition) is 7. The van der Waals surface area contributed by atoms with Gasteiger partial charge in [0, 0.05) is 0 Å². The normalized spacial score (nSPS) is 12.4. The second kappa shape index (κ2) is 5.34. The van der Waals surface area contributed by atoms with E-state index in [0.717, 1.165) is 6.20 Å². The molecule has 0 amide bonds. The maximum atomic E-state index is 11.8. The number of methoxy groups -OCH3 is 1. The van der Waals surface area contributed by atoms with Gasteiger partial charge in [-0.3, -0.25) is 0 Å². The van der Waals surface area contributed by atoms with E-state index in [1.807, 2.05) is 0 Å². The maximum absolute atomic E-state index is 11.8. The topological polar surface area (TPSA) is 129 Å². The molecular formula is C7H10ClN3O5S2. The number of aromatic nitrogens is 2. The Kier molecular flexibility index (Phi) is 4.48. The van der Waals surface area contributed by atoms with Crippen LogP contribution < -0.4 is 9.88 Å². The van der Waals surface area contributed by atoms with Gasteiger partial charge in [0.05, 0.1) is 29.8 Å². The first-order valence-electron chi connectivity index (χ1n) is 4.45. The van der Waals surface area contributed by atoms with Crippen molar-refractivity contribution in [3.05, 3.63) is 11.2 Å². The monoisotopic (exact) mass is 315 g/mol. The van der Waals surface area contributed by atoms with Crippen LogP contribution >= 0.6 is 11.6 Å². The van der Waals surface area contributed by atoms with Crippen LogP contribution in [0.1, 0.15) is 0 Å². The molecule has 0 spiro atoms. The van der Waals surface area contributed by atoms with E-state index < -0.39 is 36.4 Å². The van der Waals surface area contributed by atoms with Crippen LogP contribution in [0.2, 0.25) is 5.02 Å². The Morgan fingerprint density at radius 2 is 1.94 bits per heavy atom. The molecule has 0 unspecified atom stereocenters. The number of sulfone groups is 1. The van der Waals surface area contributed by atoms with Gasteiger partial charge in [0.15, 0.2) is 14.9 Å². The molecule has 18 heavy (non-hydrogen) atoms. The summed E-state index contributed by atoms with van der Waals surface area (Å²) in [5.41, 5.74) is 0. The predicted octanol–water partition coefficient (Wildman–Crippen LogP) is -0.799. The van der Waals surface area contributed by atoms with Crippen LogP contribution in [-0.2, 0) is 19.9 Å². The van der Waals surface area contributed by atoms with Gasteiger partial charge in [0.1, 0.15) is 0 Å². The predicted molar refractivity (Wildman–Crippen MR) is 63.6 cm³/mol. The van der Waals surface area contributed by atoms with Gasteiger partial charge in [-0.1, -0.05) is 11.6 Å². The van der Waals surface area contributed by atoms with Gasteiger partial charge in [0.2, 0.25) is 10.0 Å². The highest BCUT2D eigenvalue weighted by atomic mass is 35.5. The Hall–Kier alpha value is -0.970. The van der Waals surface area contributed by atoms with Crippen molar-refractivity contribution in [3.63, 3.8) is 0 Å². The smallest absolute Gasteiger partial charge is 0.317 e. The van der Waals surface area contributed by atoms with Gasteiger partial charge >= 0.3 is 6.01 Å². The van der Waals surface area contributed by atoms with Crippen molar-refractivity contribution in [2.24, 2.45) is 5.14 Å². The number of halogens is 1. The summed E-state index contributed by atoms with van der Waals surface area (Å²) < 4.78 is 49.8. The van der Waals surface area contributed by atoms with E-state index in [1.54, 1.807) is 0 Å². The fourth-order valence-electron chi connectivity index (χ4n) is 0.975. The molecule has 0 saturated heterocycles. The van der Waals surface area contributed by atoms with Crippen LogP contribution in [-0.4, -0.2) is 45.4 Å². The number of rotatable bonds is 5. The highest BCUT2D eigenvalue weighted by Gasteiger charge is 2.23. The molecule has 102 valence electrons. The minimum Gasteiger partial charge on any atom is -0.467 e. The summed E-state index contributed by atoms with van der Waals surface area (Å²) >= 11 is 5.65. The number of nitrogens with two attached hydrogens (primary N) is 1. The van der Waals surface area contributed by atoms with E-state index >= 15 is 0 Å². The fraction of sp³-hybridized carbons (Fsp3) is 0.429. The highest BCUT2D eigenvalue weighted by molar-refractivity contribution is 7.94. The Bertz CT molecular complexity index is 643. The minimum absolute atomic E-state index is 0.186. The van der Waals surface area contributed by atoms with Gasteiger partial charge in [-0.25, -0.2) is 27.0 Å². The summed E-state index contributed by atoms with van der Waals surface area (Å²) in [7, 11) is -6.62. The molecule has 1 aromatic rings. The van der Waals surface area contributed by atoms with E-state index in [0.29, 0.717) is 0 Å². The van der Waals surface area contributed by atoms with Crippen molar-refractivity contribution in [1.29, 1.82) is 0 Å². The van der Waals surface area contributed by atoms with Crippen molar-refractivity contribution < 1.29 is 21.6 Å². The Morgan fingerprint density at radius 1 is 1.33 bits per heavy atom. The first-order chi connectivity index (χ1) is 8.15. The molecule has 0 aliphatic rings. The third-order valence-corrected chi connectivity index (χ3v) is 4.87. The molecule has 8 nitrogen and oxygen atoms in total. The summed E-state index contributed by atoms with van der Waals surface area (Å²) in [4.78, 5) is 7.18. The van der Waals surface area contributed by atoms with E-state index in [1.165, 1.54) is 7.11 Å². The number of nitrogens with zero attached hydrogens (tertiary/aromatic N) is 2. The molecule has 1 rings (SSSR count). The lowest BCUT2D eigenvalue weighted by atomic mass is 10.7. The minimum atomic E-state index is -3.98. The third kappa shape index (κ3) is 4.05. The molecule has 11 heteroatoms. The summed E-state index contributed by atoms with van der Waals surface area (Å²) in [5.74, 6) is -1.44. The average Bonchev–Trinajstić information content (AvgIpc) is 2.26. The van der Waals surface area contributed by atoms with E-state index in [4.69, 9.17) is 16.7 Å². The van der Waals surface area contributed by atoms with Crippen LogP contribution in [0.25, 0.3) is 0 Å². The summed E-state index contributed by atoms with van der Waals surface area (Å²) in [6.45, 7) is 0. The molecule has 2 N–H and O–H groups in total. The highest BCUT2D eigenvalue weighted by Crippen LogP contribution is 2.21. The van der Waals surface area contributed by atoms with Crippen LogP contribution in [0.3, 0.4) is 0 Å². The van der Waals surface area contributed by atoms with Gasteiger partial charge < -0.3 is 4.74 Å². The van der Waals surface area contributed by atoms with Crippen LogP contribution in [0.4, 0.5) is 0 Å². The second-order valence-electron chi connectivity index (χ2n) is 3.20. The van der Waals surface area contributed by atoms with Gasteiger partial charge in [-0.2, -0.15) is 4.98 Å². The summed E-state index contributed by atoms with van der Waals surface area (Å²) in [6.07, 6.45) is 1.05. The standard InChI is InChI=1S/C7H10ClN3O5S2/c1-16-7-10-4-5(8)6(11-7)17(12,13)2-3-18(9,14)15/h4H,2-3H2,1H3,(H2,9,14,15). The number of primary sulfonamides is 1. The second-order valence-corrected chi connectivity index (χ2v) is 7.36. The molecule has 1 heterocycles. The largest absolute Gasteiger partial charge is 0.467 e. The Morgan fingerprint density at radius 3 is 2.44 bits per heavy atom. The zero-order valence-electron chi connectivity index (χ0n) is 9.20. The molecule has 0 fully saturated rings. The SMILES string of the molecule is COc1ncc(Cl)c(S(=O)(=O)CCS(N)(=O)=O)n1. The lowest BCUT2D eigenvalue weighted by Gasteiger charge is -2.05. The van der Waals surface area contributed by atoms with E-state index in [2.05, 4.69) is 14.7 Å². The quantitative estimate of drug-likeness (QED) is 0.704. The molecule has 0 aromatic carbocycles. The van der Waals surface area contributed by atoms with Gasteiger partial charge in [-0.05, 0) is 0 Å². The molecule has 0 atom stereocenters. The lowest BCUT2D eigenvalue weighted by molar-refractivity contribution is 0.375. The molecular weight excluding hydrogens is 306 g/mol. The van der Waals surface area contributed by atoms with Crippen LogP contribution in [0.5, 0.6) is 6.01 Å². The average molecular weight is 316 g/mol. The van der Waals surface area contributed by atoms with Crippen molar-refractivity contribution in [2.45, 2.75) is 5.03 Å². The van der Waals surface area contributed by atoms with Crippen LogP contribution in [0.15, 0.2) is 11.2 Å². The summed E-state index contributed by atoms with van der Waals surface area (Å²) in [6, 6.07) is -0.186. The van der Waals surface area contributed by atoms with Crippen molar-refractivity contribution in [1.82, 2.24) is 9.97 Å². The molecule has 0 saturated carbocycles. The first-order valence-corrected chi connectivity index (χ1v) is 8.20. The van der Waals surface area contributed by atoms with E-state index in [9.17, 15) is 16.8 Å². The molecule has 0 bridgehead atoms. The van der Waals surface area contributed by atoms with Gasteiger partial charge in [0.25, 0.3) is 0 Å². The number of sulfonamides is 1. The van der Waals surface area contributed by atoms with Crippen LogP contribution in [0, 0.1) is 0 Å². The summed E-state index contributed by atoms with van der Waals surface area (Å²) in [5, 5.41) is 4.03. The Labute approximate surface area is 109 Å². The maximum Gasteiger partial charge on any atom is 0.317 e. The first kappa shape index (κ1) is 15.1. The number of ether oxygens (including phenoxy) is 1. The fourth-order valence-corrected chi connectivity index (χ4v) is 3.99. The molecule has 0 aliphatic carbocycles. The molecule has 0 aliphatic heterocycles. The van der Waals surface area contributed by atoms with Crippen molar-refractivity contribution in [2.75, 3.05) is 18.6 Å². The van der Waals surface area contributed by atoms with Crippen molar-refractivity contribution in [3.8, 4) is 6.01 Å². The lowest BCUT2D eigenvalue weighted by Crippen LogP contribution is -2.24. The zero-order chi connectivity index (χ0) is 14.0. The third-order valence-electron chi connectivity index (χ3n) is 1.80. The Balaban J connectivity index is 3.12. The van der Waals surface area contributed by atoms with E-state index in [-0.39, 0.29) is 11.0 Å².